The normalized spacial score (nSPS) is 10.3. The molecule has 0 saturated heterocycles. The van der Waals surface area contributed by atoms with Crippen molar-refractivity contribution in [1.29, 1.82) is 0 Å². The van der Waals surface area contributed by atoms with Gasteiger partial charge in [-0.05, 0) is 56.5 Å². The molecule has 7 heteroatoms. The van der Waals surface area contributed by atoms with Crippen LogP contribution in [0.5, 0.6) is 0 Å². The molecular weight excluding hydrogens is 442 g/mol. The summed E-state index contributed by atoms with van der Waals surface area (Å²) < 4.78 is 6.35. The summed E-state index contributed by atoms with van der Waals surface area (Å²) >= 11 is 0. The number of esters is 1. The van der Waals surface area contributed by atoms with E-state index in [0.29, 0.717) is 32.5 Å². The lowest BCUT2D eigenvalue weighted by molar-refractivity contribution is -0.142. The Balaban J connectivity index is 0.000000269. The topological polar surface area (TPSA) is 104 Å². The Morgan fingerprint density at radius 2 is 1.66 bits per heavy atom. The number of hydrogen-bond acceptors (Lipinski definition) is 6. The number of nitrogens with two attached hydrogens (primary N) is 1. The largest absolute Gasteiger partial charge is 0.466 e. The SMILES string of the molecule is CCOC(=O)Cc1cccc(Cn2nc(C)ccc2=O)c1.Cc1ccc(CC(=O)CCCN)cc1. The average Bonchev–Trinajstić information content (AvgIpc) is 2.82. The number of nitrogens with zero attached hydrogens (tertiary/aromatic N) is 2. The van der Waals surface area contributed by atoms with Crippen LogP contribution in [0.1, 0.15) is 47.7 Å². The second-order valence-electron chi connectivity index (χ2n) is 8.37. The molecule has 35 heavy (non-hydrogen) atoms. The minimum absolute atomic E-state index is 0.142. The average molecular weight is 478 g/mol. The van der Waals surface area contributed by atoms with Gasteiger partial charge in [0.1, 0.15) is 5.78 Å². The maximum atomic E-state index is 11.7. The molecule has 0 bridgehead atoms. The van der Waals surface area contributed by atoms with Crippen molar-refractivity contribution in [1.82, 2.24) is 9.78 Å². The summed E-state index contributed by atoms with van der Waals surface area (Å²) in [6.45, 7) is 7.02. The molecule has 186 valence electrons. The molecule has 0 saturated carbocycles. The van der Waals surface area contributed by atoms with E-state index in [1.165, 1.54) is 16.3 Å². The number of ketones is 1. The summed E-state index contributed by atoms with van der Waals surface area (Å²) in [7, 11) is 0. The number of hydrogen-bond donors (Lipinski definition) is 1. The first kappa shape index (κ1) is 27.7. The zero-order valence-corrected chi connectivity index (χ0v) is 20.8. The van der Waals surface area contributed by atoms with E-state index in [1.54, 1.807) is 13.0 Å². The molecule has 0 radical (unpaired) electrons. The van der Waals surface area contributed by atoms with E-state index in [2.05, 4.69) is 5.10 Å². The highest BCUT2D eigenvalue weighted by Gasteiger charge is 2.06. The fourth-order valence-electron chi connectivity index (χ4n) is 3.38. The molecule has 0 aliphatic heterocycles. The first-order chi connectivity index (χ1) is 16.8. The van der Waals surface area contributed by atoms with Gasteiger partial charge in [-0.3, -0.25) is 14.4 Å². The number of rotatable bonds is 10. The van der Waals surface area contributed by atoms with Gasteiger partial charge in [0, 0.05) is 18.9 Å². The van der Waals surface area contributed by atoms with Crippen LogP contribution in [0.3, 0.4) is 0 Å². The molecule has 0 atom stereocenters. The third-order valence-corrected chi connectivity index (χ3v) is 5.16. The molecule has 2 N–H and O–H groups in total. The van der Waals surface area contributed by atoms with E-state index in [1.807, 2.05) is 62.4 Å². The van der Waals surface area contributed by atoms with Gasteiger partial charge in [0.25, 0.3) is 5.56 Å². The van der Waals surface area contributed by atoms with Crippen LogP contribution in [0.4, 0.5) is 0 Å². The van der Waals surface area contributed by atoms with Crippen molar-refractivity contribution < 1.29 is 14.3 Å². The Bertz CT molecular complexity index is 1150. The van der Waals surface area contributed by atoms with Crippen LogP contribution in [0, 0.1) is 13.8 Å². The summed E-state index contributed by atoms with van der Waals surface area (Å²) in [5, 5.41) is 4.20. The molecule has 3 aromatic rings. The van der Waals surface area contributed by atoms with E-state index < -0.39 is 0 Å². The van der Waals surface area contributed by atoms with E-state index in [0.717, 1.165) is 28.8 Å². The van der Waals surface area contributed by atoms with Gasteiger partial charge >= 0.3 is 5.97 Å². The molecular formula is C28H35N3O4. The fourth-order valence-corrected chi connectivity index (χ4v) is 3.38. The Kier molecular flexibility index (Phi) is 11.6. The molecule has 1 heterocycles. The van der Waals surface area contributed by atoms with Gasteiger partial charge in [-0.25, -0.2) is 4.68 Å². The second kappa shape index (κ2) is 14.6. The summed E-state index contributed by atoms with van der Waals surface area (Å²) in [4.78, 5) is 34.6. The first-order valence-electron chi connectivity index (χ1n) is 11.9. The molecule has 2 aromatic carbocycles. The maximum Gasteiger partial charge on any atom is 0.310 e. The molecule has 7 nitrogen and oxygen atoms in total. The highest BCUT2D eigenvalue weighted by molar-refractivity contribution is 5.80. The van der Waals surface area contributed by atoms with Gasteiger partial charge < -0.3 is 10.5 Å². The summed E-state index contributed by atoms with van der Waals surface area (Å²) in [5.41, 5.74) is 10.1. The quantitative estimate of drug-likeness (QED) is 0.448. The Labute approximate surface area is 206 Å². The molecule has 3 rings (SSSR count). The van der Waals surface area contributed by atoms with Crippen LogP contribution < -0.4 is 11.3 Å². The minimum atomic E-state index is -0.250. The van der Waals surface area contributed by atoms with E-state index in [9.17, 15) is 14.4 Å². The molecule has 0 amide bonds. The maximum absolute atomic E-state index is 11.7. The third-order valence-electron chi connectivity index (χ3n) is 5.16. The van der Waals surface area contributed by atoms with Crippen molar-refractivity contribution in [2.45, 2.75) is 53.0 Å². The van der Waals surface area contributed by atoms with E-state index in [4.69, 9.17) is 10.5 Å². The number of aryl methyl sites for hydroxylation is 2. The lowest BCUT2D eigenvalue weighted by atomic mass is 10.0. The molecule has 0 aliphatic carbocycles. The molecule has 1 aromatic heterocycles. The van der Waals surface area contributed by atoms with Crippen LogP contribution in [0.25, 0.3) is 0 Å². The predicted molar refractivity (Wildman–Crippen MR) is 137 cm³/mol. The van der Waals surface area contributed by atoms with Crippen LogP contribution in [0.15, 0.2) is 65.5 Å². The summed E-state index contributed by atoms with van der Waals surface area (Å²) in [6.07, 6.45) is 2.17. The van der Waals surface area contributed by atoms with Crippen molar-refractivity contribution in [2.24, 2.45) is 5.73 Å². The van der Waals surface area contributed by atoms with Crippen molar-refractivity contribution >= 4 is 11.8 Å². The zero-order chi connectivity index (χ0) is 25.6. The summed E-state index contributed by atoms with van der Waals surface area (Å²) in [6, 6.07) is 18.8. The Hall–Kier alpha value is -3.58. The fraction of sp³-hybridized carbons (Fsp3) is 0.357. The van der Waals surface area contributed by atoms with Gasteiger partial charge in [-0.15, -0.1) is 0 Å². The summed E-state index contributed by atoms with van der Waals surface area (Å²) in [5.74, 6) is 0.0276. The minimum Gasteiger partial charge on any atom is -0.466 e. The molecule has 0 fully saturated rings. The van der Waals surface area contributed by atoms with E-state index >= 15 is 0 Å². The zero-order valence-electron chi connectivity index (χ0n) is 20.8. The Morgan fingerprint density at radius 1 is 0.943 bits per heavy atom. The number of benzene rings is 2. The van der Waals surface area contributed by atoms with Crippen LogP contribution in [0.2, 0.25) is 0 Å². The Morgan fingerprint density at radius 3 is 2.34 bits per heavy atom. The molecule has 0 unspecified atom stereocenters. The molecule has 0 aliphatic rings. The van der Waals surface area contributed by atoms with E-state index in [-0.39, 0.29) is 23.7 Å². The lowest BCUT2D eigenvalue weighted by Crippen LogP contribution is -2.23. The number of aromatic nitrogens is 2. The van der Waals surface area contributed by atoms with Crippen LogP contribution in [-0.4, -0.2) is 34.7 Å². The van der Waals surface area contributed by atoms with Crippen molar-refractivity contribution in [3.63, 3.8) is 0 Å². The highest BCUT2D eigenvalue weighted by Crippen LogP contribution is 2.08. The van der Waals surface area contributed by atoms with Gasteiger partial charge in [0.15, 0.2) is 0 Å². The monoisotopic (exact) mass is 477 g/mol. The van der Waals surface area contributed by atoms with Crippen LogP contribution in [-0.2, 0) is 33.7 Å². The standard InChI is InChI=1S/C16H18N2O3.C12H17NO/c1-3-21-16(20)10-13-5-4-6-14(9-13)11-18-15(19)8-7-12(2)17-18;1-10-4-6-11(7-5-10)9-12(14)3-2-8-13/h4-9H,3,10-11H2,1-2H3;4-7H,2-3,8-9,13H2,1H3. The molecule has 0 spiro atoms. The number of Topliss-reactive ketones (excluding diaryl/α,β-unsaturated/α-hetero) is 1. The first-order valence-corrected chi connectivity index (χ1v) is 11.9. The van der Waals surface area contributed by atoms with Crippen molar-refractivity contribution in [3.05, 3.63) is 99.0 Å². The van der Waals surface area contributed by atoms with Gasteiger partial charge in [0.2, 0.25) is 0 Å². The number of ether oxygens (including phenoxy) is 1. The predicted octanol–water partition coefficient (Wildman–Crippen LogP) is 3.55. The van der Waals surface area contributed by atoms with Gasteiger partial charge in [0.05, 0.1) is 25.3 Å². The number of carbonyl (C=O) groups excluding carboxylic acids is 2. The van der Waals surface area contributed by atoms with Crippen molar-refractivity contribution in [3.8, 4) is 0 Å². The van der Waals surface area contributed by atoms with Crippen LogP contribution >= 0.6 is 0 Å². The third kappa shape index (κ3) is 10.5. The second-order valence-corrected chi connectivity index (χ2v) is 8.37. The number of carbonyl (C=O) groups is 2. The van der Waals surface area contributed by atoms with Gasteiger partial charge in [-0.1, -0.05) is 54.1 Å². The lowest BCUT2D eigenvalue weighted by Gasteiger charge is -2.07. The highest BCUT2D eigenvalue weighted by atomic mass is 16.5. The smallest absolute Gasteiger partial charge is 0.310 e. The van der Waals surface area contributed by atoms with Crippen molar-refractivity contribution in [2.75, 3.05) is 13.2 Å². The van der Waals surface area contributed by atoms with Gasteiger partial charge in [-0.2, -0.15) is 5.10 Å².